The van der Waals surface area contributed by atoms with Crippen LogP contribution in [0.2, 0.25) is 0 Å². The fourth-order valence-electron chi connectivity index (χ4n) is 2.69. The van der Waals surface area contributed by atoms with E-state index in [1.807, 2.05) is 0 Å². The van der Waals surface area contributed by atoms with Gasteiger partial charge in [-0.15, -0.1) is 0 Å². The summed E-state index contributed by atoms with van der Waals surface area (Å²) in [4.78, 5) is 12.4. The SMILES string of the molecule is COCCCNC(=O)C1CCN(S(=O)(=O)c2ccc(Br)cc2)CC1. The quantitative estimate of drug-likeness (QED) is 0.686. The summed E-state index contributed by atoms with van der Waals surface area (Å²) in [7, 11) is -1.86. The zero-order valence-electron chi connectivity index (χ0n) is 13.7. The first kappa shape index (κ1) is 19.4. The van der Waals surface area contributed by atoms with Crippen LogP contribution in [0, 0.1) is 5.92 Å². The second-order valence-electron chi connectivity index (χ2n) is 5.77. The highest BCUT2D eigenvalue weighted by Gasteiger charge is 2.31. The van der Waals surface area contributed by atoms with Crippen LogP contribution in [-0.4, -0.2) is 52.0 Å². The van der Waals surface area contributed by atoms with Crippen LogP contribution in [0.15, 0.2) is 33.6 Å². The second-order valence-corrected chi connectivity index (χ2v) is 8.62. The first-order valence-electron chi connectivity index (χ1n) is 7.97. The molecule has 0 atom stereocenters. The van der Waals surface area contributed by atoms with Gasteiger partial charge in [-0.1, -0.05) is 15.9 Å². The highest BCUT2D eigenvalue weighted by Crippen LogP contribution is 2.24. The molecule has 6 nitrogen and oxygen atoms in total. The molecule has 1 aromatic rings. The maximum atomic E-state index is 12.6. The zero-order valence-corrected chi connectivity index (χ0v) is 16.1. The minimum absolute atomic E-state index is 0.00629. The number of benzene rings is 1. The van der Waals surface area contributed by atoms with E-state index in [0.29, 0.717) is 39.1 Å². The second kappa shape index (κ2) is 8.94. The van der Waals surface area contributed by atoms with Crippen molar-refractivity contribution in [2.75, 3.05) is 33.4 Å². The number of nitrogens with zero attached hydrogens (tertiary/aromatic N) is 1. The molecule has 0 spiro atoms. The summed E-state index contributed by atoms with van der Waals surface area (Å²) in [6, 6.07) is 6.61. The molecular formula is C16H23BrN2O4S. The van der Waals surface area contributed by atoms with E-state index in [-0.39, 0.29) is 16.7 Å². The molecule has 1 saturated heterocycles. The van der Waals surface area contributed by atoms with Gasteiger partial charge in [-0.3, -0.25) is 4.79 Å². The van der Waals surface area contributed by atoms with Crippen molar-refractivity contribution < 1.29 is 17.9 Å². The van der Waals surface area contributed by atoms with E-state index >= 15 is 0 Å². The molecule has 1 heterocycles. The molecule has 8 heteroatoms. The summed E-state index contributed by atoms with van der Waals surface area (Å²) >= 11 is 3.30. The smallest absolute Gasteiger partial charge is 0.243 e. The minimum Gasteiger partial charge on any atom is -0.385 e. The van der Waals surface area contributed by atoms with E-state index in [0.717, 1.165) is 10.9 Å². The Morgan fingerprint density at radius 2 is 1.92 bits per heavy atom. The maximum absolute atomic E-state index is 12.6. The van der Waals surface area contributed by atoms with Crippen molar-refractivity contribution in [2.45, 2.75) is 24.2 Å². The Bertz CT molecular complexity index is 641. The van der Waals surface area contributed by atoms with Gasteiger partial charge < -0.3 is 10.1 Å². The number of hydrogen-bond donors (Lipinski definition) is 1. The van der Waals surface area contributed by atoms with Crippen molar-refractivity contribution in [3.8, 4) is 0 Å². The van der Waals surface area contributed by atoms with Crippen LogP contribution in [0.5, 0.6) is 0 Å². The maximum Gasteiger partial charge on any atom is 0.243 e. The predicted octanol–water partition coefficient (Wildman–Crippen LogP) is 2.00. The lowest BCUT2D eigenvalue weighted by molar-refractivity contribution is -0.126. The lowest BCUT2D eigenvalue weighted by atomic mass is 9.97. The fourth-order valence-corrected chi connectivity index (χ4v) is 4.42. The third-order valence-corrected chi connectivity index (χ3v) is 6.54. The van der Waals surface area contributed by atoms with Crippen molar-refractivity contribution in [3.05, 3.63) is 28.7 Å². The van der Waals surface area contributed by atoms with E-state index in [1.54, 1.807) is 31.4 Å². The number of carbonyl (C=O) groups excluding carboxylic acids is 1. The van der Waals surface area contributed by atoms with Gasteiger partial charge in [0, 0.05) is 43.7 Å². The van der Waals surface area contributed by atoms with Crippen LogP contribution < -0.4 is 5.32 Å². The Balaban J connectivity index is 1.87. The topological polar surface area (TPSA) is 75.7 Å². The number of piperidine rings is 1. The van der Waals surface area contributed by atoms with Crippen molar-refractivity contribution >= 4 is 31.9 Å². The lowest BCUT2D eigenvalue weighted by Crippen LogP contribution is -2.43. The Kier molecular flexibility index (Phi) is 7.21. The van der Waals surface area contributed by atoms with E-state index in [4.69, 9.17) is 4.74 Å². The van der Waals surface area contributed by atoms with Crippen molar-refractivity contribution in [3.63, 3.8) is 0 Å². The predicted molar refractivity (Wildman–Crippen MR) is 95.1 cm³/mol. The van der Waals surface area contributed by atoms with E-state index in [2.05, 4.69) is 21.2 Å². The number of methoxy groups -OCH3 is 1. The van der Waals surface area contributed by atoms with E-state index in [9.17, 15) is 13.2 Å². The van der Waals surface area contributed by atoms with Gasteiger partial charge in [-0.2, -0.15) is 4.31 Å². The van der Waals surface area contributed by atoms with Crippen LogP contribution in [0.25, 0.3) is 0 Å². The van der Waals surface area contributed by atoms with Crippen LogP contribution in [0.1, 0.15) is 19.3 Å². The number of amides is 1. The Hall–Kier alpha value is -0.960. The fraction of sp³-hybridized carbons (Fsp3) is 0.562. The van der Waals surface area contributed by atoms with Crippen molar-refractivity contribution in [1.29, 1.82) is 0 Å². The largest absolute Gasteiger partial charge is 0.385 e. The van der Waals surface area contributed by atoms with Crippen LogP contribution >= 0.6 is 15.9 Å². The molecule has 0 saturated carbocycles. The molecule has 0 unspecified atom stereocenters. The van der Waals surface area contributed by atoms with E-state index in [1.165, 1.54) is 4.31 Å². The molecule has 0 aromatic heterocycles. The van der Waals surface area contributed by atoms with Crippen LogP contribution in [-0.2, 0) is 19.6 Å². The summed E-state index contributed by atoms with van der Waals surface area (Å²) in [6.45, 7) is 1.94. The van der Waals surface area contributed by atoms with E-state index < -0.39 is 10.0 Å². The number of rotatable bonds is 7. The van der Waals surface area contributed by atoms with Gasteiger partial charge in [0.2, 0.25) is 15.9 Å². The summed E-state index contributed by atoms with van der Waals surface area (Å²) in [5.74, 6) is -0.115. The van der Waals surface area contributed by atoms with Gasteiger partial charge in [0.1, 0.15) is 0 Å². The Labute approximate surface area is 151 Å². The molecule has 0 radical (unpaired) electrons. The molecule has 2 rings (SSSR count). The molecule has 1 amide bonds. The van der Waals surface area contributed by atoms with Crippen LogP contribution in [0.3, 0.4) is 0 Å². The number of sulfonamides is 1. The number of nitrogens with one attached hydrogen (secondary N) is 1. The van der Waals surface area contributed by atoms with Gasteiger partial charge >= 0.3 is 0 Å². The summed E-state index contributed by atoms with van der Waals surface area (Å²) in [5.41, 5.74) is 0. The molecule has 24 heavy (non-hydrogen) atoms. The first-order chi connectivity index (χ1) is 11.4. The monoisotopic (exact) mass is 418 g/mol. The molecule has 1 aliphatic heterocycles. The molecule has 1 N–H and O–H groups in total. The third-order valence-electron chi connectivity index (χ3n) is 4.10. The lowest BCUT2D eigenvalue weighted by Gasteiger charge is -2.30. The summed E-state index contributed by atoms with van der Waals surface area (Å²) < 4.78 is 32.5. The molecule has 0 aliphatic carbocycles. The molecule has 1 fully saturated rings. The average molecular weight is 419 g/mol. The number of carbonyl (C=O) groups is 1. The Morgan fingerprint density at radius 1 is 1.29 bits per heavy atom. The van der Waals surface area contributed by atoms with Crippen molar-refractivity contribution in [2.24, 2.45) is 5.92 Å². The van der Waals surface area contributed by atoms with Gasteiger partial charge in [-0.05, 0) is 43.5 Å². The molecule has 1 aliphatic rings. The normalized spacial score (nSPS) is 16.9. The molecular weight excluding hydrogens is 396 g/mol. The molecule has 134 valence electrons. The highest BCUT2D eigenvalue weighted by atomic mass is 79.9. The van der Waals surface area contributed by atoms with Gasteiger partial charge in [0.25, 0.3) is 0 Å². The number of ether oxygens (including phenoxy) is 1. The molecule has 0 bridgehead atoms. The van der Waals surface area contributed by atoms with Gasteiger partial charge in [-0.25, -0.2) is 8.42 Å². The first-order valence-corrected chi connectivity index (χ1v) is 10.2. The number of hydrogen-bond acceptors (Lipinski definition) is 4. The zero-order chi connectivity index (χ0) is 17.6. The average Bonchev–Trinajstić information content (AvgIpc) is 2.59. The van der Waals surface area contributed by atoms with Gasteiger partial charge in [0.05, 0.1) is 4.90 Å². The number of halogens is 1. The summed E-state index contributed by atoms with van der Waals surface area (Å²) in [6.07, 6.45) is 1.87. The standard InChI is InChI=1S/C16H23BrN2O4S/c1-23-12-2-9-18-16(20)13-7-10-19(11-8-13)24(21,22)15-5-3-14(17)4-6-15/h3-6,13H,2,7-12H2,1H3,(H,18,20). The Morgan fingerprint density at radius 3 is 2.50 bits per heavy atom. The molecule has 1 aromatic carbocycles. The summed E-state index contributed by atoms with van der Waals surface area (Å²) in [5, 5.41) is 2.89. The van der Waals surface area contributed by atoms with Gasteiger partial charge in [0.15, 0.2) is 0 Å². The van der Waals surface area contributed by atoms with Crippen molar-refractivity contribution in [1.82, 2.24) is 9.62 Å². The highest BCUT2D eigenvalue weighted by molar-refractivity contribution is 9.10. The minimum atomic E-state index is -3.49. The van der Waals surface area contributed by atoms with Crippen LogP contribution in [0.4, 0.5) is 0 Å². The third kappa shape index (κ3) is 5.02.